The number of anilines is 2. The van der Waals surface area contributed by atoms with Crippen molar-refractivity contribution < 1.29 is 9.90 Å². The summed E-state index contributed by atoms with van der Waals surface area (Å²) in [5.74, 6) is 0.815. The molecule has 2 aromatic heterocycles. The van der Waals surface area contributed by atoms with Gasteiger partial charge in [-0.2, -0.15) is 0 Å². The lowest BCUT2D eigenvalue weighted by Crippen LogP contribution is -2.61. The summed E-state index contributed by atoms with van der Waals surface area (Å²) >= 11 is 1.54. The van der Waals surface area contributed by atoms with Gasteiger partial charge in [-0.05, 0) is 44.4 Å². The van der Waals surface area contributed by atoms with E-state index in [4.69, 9.17) is 4.98 Å². The fourth-order valence-electron chi connectivity index (χ4n) is 5.65. The highest BCUT2D eigenvalue weighted by Gasteiger charge is 2.47. The number of thiazole rings is 1. The summed E-state index contributed by atoms with van der Waals surface area (Å²) in [6.45, 7) is 4.73. The number of rotatable bonds is 4. The Hall–Kier alpha value is -3.11. The van der Waals surface area contributed by atoms with Crippen LogP contribution in [-0.2, 0) is 0 Å². The number of piperidine rings is 2. The van der Waals surface area contributed by atoms with Crippen LogP contribution < -0.4 is 21.1 Å². The van der Waals surface area contributed by atoms with Crippen LogP contribution >= 0.6 is 11.3 Å². The van der Waals surface area contributed by atoms with Crippen molar-refractivity contribution in [2.75, 3.05) is 49.5 Å². The zero-order chi connectivity index (χ0) is 24.0. The normalized spacial score (nSPS) is 21.8. The second kappa shape index (κ2) is 8.83. The lowest BCUT2D eigenvalue weighted by molar-refractivity contribution is -0.00644. The van der Waals surface area contributed by atoms with Crippen LogP contribution in [0, 0.1) is 5.41 Å². The molecule has 0 aliphatic carbocycles. The van der Waals surface area contributed by atoms with Gasteiger partial charge < -0.3 is 30.5 Å². The molecule has 3 aliphatic heterocycles. The molecule has 1 aromatic carbocycles. The highest BCUT2D eigenvalue weighted by atomic mass is 32.1. The topological polar surface area (TPSA) is 114 Å². The zero-order valence-electron chi connectivity index (χ0n) is 19.5. The number of H-pyrrole nitrogens is 1. The van der Waals surface area contributed by atoms with Crippen LogP contribution in [0.5, 0.6) is 0 Å². The number of aromatic nitrogens is 2. The average Bonchev–Trinajstić information content (AvgIpc) is 3.26. The van der Waals surface area contributed by atoms with Gasteiger partial charge in [0.2, 0.25) is 0 Å². The van der Waals surface area contributed by atoms with E-state index in [0.717, 1.165) is 78.6 Å². The lowest BCUT2D eigenvalue weighted by atomic mass is 9.72. The van der Waals surface area contributed by atoms with Crippen LogP contribution in [-0.4, -0.2) is 71.4 Å². The first-order chi connectivity index (χ1) is 17.0. The molecule has 0 saturated carbocycles. The minimum atomic E-state index is -0.833. The van der Waals surface area contributed by atoms with E-state index < -0.39 is 6.09 Å². The molecular formula is C25H30N6O3S. The van der Waals surface area contributed by atoms with Crippen molar-refractivity contribution in [2.45, 2.75) is 31.7 Å². The molecule has 10 heteroatoms. The monoisotopic (exact) mass is 494 g/mol. The van der Waals surface area contributed by atoms with Crippen molar-refractivity contribution >= 4 is 39.2 Å². The number of likely N-dealkylation sites (tertiary alicyclic amines) is 1. The maximum atomic E-state index is 13.5. The first-order valence-electron chi connectivity index (χ1n) is 12.3. The van der Waals surface area contributed by atoms with Gasteiger partial charge in [0.05, 0.1) is 21.5 Å². The molecule has 3 saturated heterocycles. The molecule has 5 heterocycles. The van der Waals surface area contributed by atoms with Crippen molar-refractivity contribution in [2.24, 2.45) is 5.41 Å². The Morgan fingerprint density at radius 3 is 2.74 bits per heavy atom. The van der Waals surface area contributed by atoms with Crippen molar-refractivity contribution in [3.63, 3.8) is 0 Å². The molecule has 4 N–H and O–H groups in total. The first kappa shape index (κ1) is 22.4. The third-order valence-corrected chi connectivity index (χ3v) is 8.73. The molecule has 1 amide bonds. The smallest absolute Gasteiger partial charge is 0.407 e. The number of carbonyl (C=O) groups is 1. The molecule has 0 radical (unpaired) electrons. The van der Waals surface area contributed by atoms with E-state index in [0.29, 0.717) is 18.7 Å². The SMILES string of the molecule is O=C(O)N1CC2(CCN(c3cc(N[C@@H]4CCCNC4)c(-c4nc5ccccc5s4)c(=O)[nH]3)CC2)C1. The molecule has 3 aromatic rings. The van der Waals surface area contributed by atoms with E-state index in [-0.39, 0.29) is 17.0 Å². The number of para-hydroxylation sites is 1. The highest BCUT2D eigenvalue weighted by molar-refractivity contribution is 7.21. The Morgan fingerprint density at radius 1 is 1.23 bits per heavy atom. The molecule has 0 unspecified atom stereocenters. The fraction of sp³-hybridized carbons (Fsp3) is 0.480. The van der Waals surface area contributed by atoms with Crippen LogP contribution in [0.3, 0.4) is 0 Å². The predicted molar refractivity (Wildman–Crippen MR) is 139 cm³/mol. The molecule has 0 bridgehead atoms. The molecule has 9 nitrogen and oxygen atoms in total. The largest absolute Gasteiger partial charge is 0.465 e. The van der Waals surface area contributed by atoms with Crippen molar-refractivity contribution in [1.82, 2.24) is 20.2 Å². The van der Waals surface area contributed by atoms with E-state index in [1.165, 1.54) is 4.90 Å². The van der Waals surface area contributed by atoms with Gasteiger partial charge in [0, 0.05) is 50.2 Å². The average molecular weight is 495 g/mol. The van der Waals surface area contributed by atoms with Gasteiger partial charge >= 0.3 is 6.09 Å². The van der Waals surface area contributed by atoms with Gasteiger partial charge in [0.1, 0.15) is 10.8 Å². The van der Waals surface area contributed by atoms with Crippen LogP contribution in [0.15, 0.2) is 35.1 Å². The fourth-order valence-corrected chi connectivity index (χ4v) is 6.68. The van der Waals surface area contributed by atoms with Gasteiger partial charge in [-0.3, -0.25) is 4.79 Å². The third-order valence-electron chi connectivity index (χ3n) is 7.67. The van der Waals surface area contributed by atoms with Gasteiger partial charge in [-0.25, -0.2) is 9.78 Å². The summed E-state index contributed by atoms with van der Waals surface area (Å²) in [7, 11) is 0. The Labute approximate surface area is 207 Å². The highest BCUT2D eigenvalue weighted by Crippen LogP contribution is 2.42. The maximum absolute atomic E-state index is 13.5. The predicted octanol–water partition coefficient (Wildman–Crippen LogP) is 3.40. The molecule has 6 rings (SSSR count). The Kier molecular flexibility index (Phi) is 5.64. The standard InChI is InChI=1S/C25H30N6O3S/c32-22-21(23-28-17-5-1-2-6-19(17)35-23)18(27-16-4-3-9-26-13-16)12-20(29-22)30-10-7-25(8-11-30)14-31(15-25)24(33)34/h1-2,5-6,12,16,26H,3-4,7-11,13-15H2,(H,33,34)(H2,27,29,32)/t16-/m1/s1. The number of fused-ring (bicyclic) bond motifs is 1. The number of hydrogen-bond donors (Lipinski definition) is 4. The molecule has 3 aliphatic rings. The van der Waals surface area contributed by atoms with Crippen LogP contribution in [0.4, 0.5) is 16.3 Å². The third kappa shape index (κ3) is 4.25. The van der Waals surface area contributed by atoms with Crippen LogP contribution in [0.1, 0.15) is 25.7 Å². The van der Waals surface area contributed by atoms with E-state index in [1.54, 1.807) is 11.3 Å². The van der Waals surface area contributed by atoms with E-state index in [2.05, 4.69) is 26.6 Å². The first-order valence-corrected chi connectivity index (χ1v) is 13.1. The summed E-state index contributed by atoms with van der Waals surface area (Å²) in [4.78, 5) is 36.3. The van der Waals surface area contributed by atoms with Gasteiger partial charge in [0.15, 0.2) is 0 Å². The quantitative estimate of drug-likeness (QED) is 0.440. The number of hydrogen-bond acceptors (Lipinski definition) is 7. The number of carboxylic acid groups (broad SMARTS) is 1. The second-order valence-electron chi connectivity index (χ2n) is 10.1. The molecule has 1 atom stereocenters. The van der Waals surface area contributed by atoms with Gasteiger partial charge in [-0.15, -0.1) is 11.3 Å². The molecule has 1 spiro atoms. The van der Waals surface area contributed by atoms with Gasteiger partial charge in [-0.1, -0.05) is 12.1 Å². The number of amides is 1. The maximum Gasteiger partial charge on any atom is 0.407 e. The summed E-state index contributed by atoms with van der Waals surface area (Å²) in [5.41, 5.74) is 2.29. The van der Waals surface area contributed by atoms with Crippen molar-refractivity contribution in [1.29, 1.82) is 0 Å². The molecule has 35 heavy (non-hydrogen) atoms. The van der Waals surface area contributed by atoms with Crippen LogP contribution in [0.25, 0.3) is 20.8 Å². The van der Waals surface area contributed by atoms with Crippen molar-refractivity contribution in [3.8, 4) is 10.6 Å². The summed E-state index contributed by atoms with van der Waals surface area (Å²) < 4.78 is 1.06. The summed E-state index contributed by atoms with van der Waals surface area (Å²) in [6.07, 6.45) is 3.18. The lowest BCUT2D eigenvalue weighted by Gasteiger charge is -2.53. The van der Waals surface area contributed by atoms with Gasteiger partial charge in [0.25, 0.3) is 5.56 Å². The zero-order valence-corrected chi connectivity index (χ0v) is 20.4. The number of nitrogens with zero attached hydrogens (tertiary/aromatic N) is 3. The van der Waals surface area contributed by atoms with Crippen molar-refractivity contribution in [3.05, 3.63) is 40.7 Å². The summed E-state index contributed by atoms with van der Waals surface area (Å²) in [6, 6.07) is 10.3. The number of aromatic amines is 1. The van der Waals surface area contributed by atoms with Crippen LogP contribution in [0.2, 0.25) is 0 Å². The van der Waals surface area contributed by atoms with E-state index >= 15 is 0 Å². The summed E-state index contributed by atoms with van der Waals surface area (Å²) in [5, 5.41) is 17.0. The molecule has 184 valence electrons. The molecule has 3 fully saturated rings. The minimum absolute atomic E-state index is 0.0883. The Balaban J connectivity index is 1.30. The van der Waals surface area contributed by atoms with E-state index in [1.807, 2.05) is 24.3 Å². The second-order valence-corrected chi connectivity index (χ2v) is 11.1. The number of pyridine rings is 1. The number of benzene rings is 1. The Morgan fingerprint density at radius 2 is 2.03 bits per heavy atom. The Bertz CT molecular complexity index is 1270. The minimum Gasteiger partial charge on any atom is -0.465 e. The van der Waals surface area contributed by atoms with E-state index in [9.17, 15) is 14.7 Å². The molecular weight excluding hydrogens is 464 g/mol. The number of nitrogens with one attached hydrogen (secondary N) is 3.